The van der Waals surface area contributed by atoms with E-state index in [-0.39, 0.29) is 24.0 Å². The van der Waals surface area contributed by atoms with Crippen LogP contribution in [0.2, 0.25) is 0 Å². The first kappa shape index (κ1) is 20.3. The van der Waals surface area contributed by atoms with Crippen LogP contribution in [0, 0.1) is 0 Å². The van der Waals surface area contributed by atoms with E-state index in [1.807, 2.05) is 43.6 Å². The Morgan fingerprint density at radius 2 is 1.85 bits per heavy atom. The Morgan fingerprint density at radius 1 is 1.12 bits per heavy atom. The maximum atomic E-state index is 5.48. The van der Waals surface area contributed by atoms with E-state index in [0.717, 1.165) is 49.3 Å². The zero-order chi connectivity index (χ0) is 17.5. The van der Waals surface area contributed by atoms with Gasteiger partial charge in [0.15, 0.2) is 5.96 Å². The molecule has 0 aliphatic carbocycles. The quantitative estimate of drug-likeness (QED) is 0.426. The van der Waals surface area contributed by atoms with Gasteiger partial charge in [0.25, 0.3) is 0 Å². The number of methoxy groups -OCH3 is 1. The average molecular weight is 467 g/mol. The number of pyridine rings is 1. The first-order valence-corrected chi connectivity index (χ1v) is 8.55. The summed E-state index contributed by atoms with van der Waals surface area (Å²) in [5, 5.41) is 3.40. The fourth-order valence-electron chi connectivity index (χ4n) is 3.05. The highest BCUT2D eigenvalue weighted by atomic mass is 127. The number of piperazine rings is 1. The van der Waals surface area contributed by atoms with E-state index in [9.17, 15) is 0 Å². The van der Waals surface area contributed by atoms with E-state index < -0.39 is 0 Å². The molecule has 0 bridgehead atoms. The van der Waals surface area contributed by atoms with Crippen molar-refractivity contribution in [3.8, 4) is 5.75 Å². The molecule has 6 nitrogen and oxygen atoms in total. The third-order valence-electron chi connectivity index (χ3n) is 4.37. The van der Waals surface area contributed by atoms with Gasteiger partial charge in [-0.1, -0.05) is 18.2 Å². The maximum absolute atomic E-state index is 5.48. The minimum Gasteiger partial charge on any atom is -0.495 e. The van der Waals surface area contributed by atoms with E-state index in [2.05, 4.69) is 37.2 Å². The summed E-state index contributed by atoms with van der Waals surface area (Å²) in [6, 6.07) is 14.1. The highest BCUT2D eigenvalue weighted by Crippen LogP contribution is 2.28. The molecule has 1 aliphatic heterocycles. The number of ether oxygens (including phenoxy) is 1. The predicted octanol–water partition coefficient (Wildman–Crippen LogP) is 2.61. The Morgan fingerprint density at radius 3 is 2.50 bits per heavy atom. The number of aliphatic imine (C=N–C) groups is 1. The summed E-state index contributed by atoms with van der Waals surface area (Å²) >= 11 is 0. The van der Waals surface area contributed by atoms with Crippen LogP contribution in [0.3, 0.4) is 0 Å². The zero-order valence-corrected chi connectivity index (χ0v) is 17.6. The molecule has 1 saturated heterocycles. The number of halogens is 1. The number of nitrogens with zero attached hydrogens (tertiary/aromatic N) is 4. The number of hydrogen-bond acceptors (Lipinski definition) is 4. The fourth-order valence-corrected chi connectivity index (χ4v) is 3.05. The second kappa shape index (κ2) is 10.2. The van der Waals surface area contributed by atoms with Gasteiger partial charge in [-0.2, -0.15) is 0 Å². The Bertz CT molecular complexity index is 702. The molecule has 0 unspecified atom stereocenters. The molecule has 0 radical (unpaired) electrons. The van der Waals surface area contributed by atoms with E-state index in [4.69, 9.17) is 4.74 Å². The number of hydrogen-bond donors (Lipinski definition) is 1. The molecule has 1 N–H and O–H groups in total. The van der Waals surface area contributed by atoms with Gasteiger partial charge in [0.05, 0.1) is 25.0 Å². The fraction of sp³-hybridized carbons (Fsp3) is 0.368. The standard InChI is InChI=1S/C19H25N5O.HI/c1-20-19(22-15-16-7-5-6-10-21-16)24-13-11-23(12-14-24)17-8-3-4-9-18(17)25-2;/h3-10H,11-15H2,1-2H3,(H,20,22);1H. The van der Waals surface area contributed by atoms with Crippen molar-refractivity contribution in [2.24, 2.45) is 4.99 Å². The summed E-state index contributed by atoms with van der Waals surface area (Å²) in [6.45, 7) is 4.38. The van der Waals surface area contributed by atoms with Crippen LogP contribution in [0.4, 0.5) is 5.69 Å². The van der Waals surface area contributed by atoms with Crippen LogP contribution in [0.1, 0.15) is 5.69 Å². The summed E-state index contributed by atoms with van der Waals surface area (Å²) in [5.41, 5.74) is 2.16. The molecule has 0 atom stereocenters. The first-order chi connectivity index (χ1) is 12.3. The van der Waals surface area contributed by atoms with Crippen LogP contribution >= 0.6 is 24.0 Å². The summed E-state index contributed by atoms with van der Waals surface area (Å²) in [7, 11) is 3.55. The summed E-state index contributed by atoms with van der Waals surface area (Å²) in [5.74, 6) is 1.85. The van der Waals surface area contributed by atoms with Gasteiger partial charge in [0, 0.05) is 39.4 Å². The molecule has 1 aliphatic rings. The lowest BCUT2D eigenvalue weighted by atomic mass is 10.2. The number of rotatable bonds is 4. The van der Waals surface area contributed by atoms with E-state index in [1.54, 1.807) is 7.11 Å². The van der Waals surface area contributed by atoms with Gasteiger partial charge in [-0.05, 0) is 24.3 Å². The van der Waals surface area contributed by atoms with Crippen LogP contribution in [0.25, 0.3) is 0 Å². The molecule has 1 fully saturated rings. The number of aromatic nitrogens is 1. The Balaban J connectivity index is 0.00000243. The molecule has 1 aromatic heterocycles. The van der Waals surface area contributed by atoms with Crippen molar-refractivity contribution in [3.05, 3.63) is 54.4 Å². The third-order valence-corrected chi connectivity index (χ3v) is 4.37. The second-order valence-corrected chi connectivity index (χ2v) is 5.87. The average Bonchev–Trinajstić information content (AvgIpc) is 2.70. The van der Waals surface area contributed by atoms with Gasteiger partial charge in [-0.15, -0.1) is 24.0 Å². The van der Waals surface area contributed by atoms with Gasteiger partial charge >= 0.3 is 0 Å². The monoisotopic (exact) mass is 467 g/mol. The zero-order valence-electron chi connectivity index (χ0n) is 15.3. The number of nitrogens with one attached hydrogen (secondary N) is 1. The largest absolute Gasteiger partial charge is 0.495 e. The smallest absolute Gasteiger partial charge is 0.194 e. The minimum absolute atomic E-state index is 0. The minimum atomic E-state index is 0. The second-order valence-electron chi connectivity index (χ2n) is 5.87. The number of anilines is 1. The maximum Gasteiger partial charge on any atom is 0.194 e. The number of benzene rings is 1. The van der Waals surface area contributed by atoms with Gasteiger partial charge in [-0.3, -0.25) is 9.98 Å². The molecule has 2 aromatic rings. The van der Waals surface area contributed by atoms with Crippen molar-refractivity contribution < 1.29 is 4.74 Å². The number of guanidine groups is 1. The van der Waals surface area contributed by atoms with Gasteiger partial charge in [-0.25, -0.2) is 0 Å². The van der Waals surface area contributed by atoms with Crippen molar-refractivity contribution in [1.29, 1.82) is 0 Å². The first-order valence-electron chi connectivity index (χ1n) is 8.55. The van der Waals surface area contributed by atoms with Crippen molar-refractivity contribution in [1.82, 2.24) is 15.2 Å². The molecular formula is C19H26IN5O. The summed E-state index contributed by atoms with van der Waals surface area (Å²) in [4.78, 5) is 13.4. The Kier molecular flexibility index (Phi) is 7.96. The SMILES string of the molecule is CN=C(NCc1ccccn1)N1CCN(c2ccccc2OC)CC1.I. The lowest BCUT2D eigenvalue weighted by molar-refractivity contribution is 0.367. The van der Waals surface area contributed by atoms with Gasteiger partial charge in [0.2, 0.25) is 0 Å². The highest BCUT2D eigenvalue weighted by molar-refractivity contribution is 14.0. The van der Waals surface area contributed by atoms with Crippen molar-refractivity contribution in [3.63, 3.8) is 0 Å². The van der Waals surface area contributed by atoms with Crippen LogP contribution < -0.4 is 15.0 Å². The van der Waals surface area contributed by atoms with Crippen LogP contribution in [-0.2, 0) is 6.54 Å². The Labute approximate surface area is 172 Å². The molecule has 0 spiro atoms. The van der Waals surface area contributed by atoms with E-state index in [1.165, 1.54) is 0 Å². The molecule has 3 rings (SSSR count). The lowest BCUT2D eigenvalue weighted by Gasteiger charge is -2.38. The molecular weight excluding hydrogens is 441 g/mol. The molecule has 0 saturated carbocycles. The normalized spacial score (nSPS) is 14.6. The van der Waals surface area contributed by atoms with Crippen molar-refractivity contribution in [2.45, 2.75) is 6.54 Å². The number of para-hydroxylation sites is 2. The van der Waals surface area contributed by atoms with Crippen LogP contribution in [-0.4, -0.2) is 56.2 Å². The molecule has 0 amide bonds. The van der Waals surface area contributed by atoms with E-state index >= 15 is 0 Å². The van der Waals surface area contributed by atoms with E-state index in [0.29, 0.717) is 6.54 Å². The predicted molar refractivity (Wildman–Crippen MR) is 117 cm³/mol. The van der Waals surface area contributed by atoms with Crippen molar-refractivity contribution in [2.75, 3.05) is 45.2 Å². The topological polar surface area (TPSA) is 53.0 Å². The molecule has 26 heavy (non-hydrogen) atoms. The molecule has 2 heterocycles. The van der Waals surface area contributed by atoms with Crippen LogP contribution in [0.15, 0.2) is 53.7 Å². The lowest BCUT2D eigenvalue weighted by Crippen LogP contribution is -2.52. The summed E-state index contributed by atoms with van der Waals surface area (Å²) in [6.07, 6.45) is 1.81. The third kappa shape index (κ3) is 5.00. The molecule has 1 aromatic carbocycles. The van der Waals surface area contributed by atoms with Crippen LogP contribution in [0.5, 0.6) is 5.75 Å². The molecule has 140 valence electrons. The molecule has 7 heteroatoms. The Hall–Kier alpha value is -2.03. The highest BCUT2D eigenvalue weighted by Gasteiger charge is 2.21. The van der Waals surface area contributed by atoms with Gasteiger partial charge in [0.1, 0.15) is 5.75 Å². The van der Waals surface area contributed by atoms with Gasteiger partial charge < -0.3 is 19.9 Å². The summed E-state index contributed by atoms with van der Waals surface area (Å²) < 4.78 is 5.48. The van der Waals surface area contributed by atoms with Crippen molar-refractivity contribution >= 4 is 35.6 Å².